The van der Waals surface area contributed by atoms with Crippen LogP contribution in [0.5, 0.6) is 0 Å². The second kappa shape index (κ2) is 5.93. The lowest BCUT2D eigenvalue weighted by molar-refractivity contribution is 0.382. The highest BCUT2D eigenvalue weighted by molar-refractivity contribution is 7.69. The van der Waals surface area contributed by atoms with Gasteiger partial charge in [0, 0.05) is 0 Å². The van der Waals surface area contributed by atoms with Crippen molar-refractivity contribution in [3.63, 3.8) is 0 Å². The lowest BCUT2D eigenvalue weighted by Gasteiger charge is -2.08. The fourth-order valence-corrected chi connectivity index (χ4v) is 1.54. The topological polar surface area (TPSA) is 0 Å². The minimum absolute atomic E-state index is 2.98. The molecule has 0 aliphatic heterocycles. The van der Waals surface area contributed by atoms with Crippen LogP contribution in [0, 0.1) is 0 Å². The molecule has 0 heterocycles. The van der Waals surface area contributed by atoms with Crippen molar-refractivity contribution in [1.82, 2.24) is 0 Å². The highest BCUT2D eigenvalue weighted by Gasteiger charge is 2.35. The standard InChI is InChI=1S/C6F9P/c7-1(8)4(13)16(5(14)2(9)10)6(15)3(11)12. The first-order chi connectivity index (χ1) is 7.20. The van der Waals surface area contributed by atoms with E-state index in [0.717, 1.165) is 0 Å². The second-order valence-electron chi connectivity index (χ2n) is 1.99. The second-order valence-corrected chi connectivity index (χ2v) is 3.84. The molecule has 0 aromatic rings. The van der Waals surface area contributed by atoms with Gasteiger partial charge >= 0.3 is 18.2 Å². The van der Waals surface area contributed by atoms with Gasteiger partial charge in [0.1, 0.15) is 0 Å². The Morgan fingerprint density at radius 1 is 0.438 bits per heavy atom. The fraction of sp³-hybridized carbons (Fsp3) is 0. The molecule has 0 saturated heterocycles. The van der Waals surface area contributed by atoms with Crippen molar-refractivity contribution in [1.29, 1.82) is 0 Å². The van der Waals surface area contributed by atoms with Crippen molar-refractivity contribution in [3.8, 4) is 0 Å². The minimum atomic E-state index is -4.47. The van der Waals surface area contributed by atoms with Crippen molar-refractivity contribution in [2.45, 2.75) is 0 Å². The average Bonchev–Trinajstić information content (AvgIpc) is 2.16. The van der Waals surface area contributed by atoms with Gasteiger partial charge in [0.25, 0.3) is 0 Å². The molecule has 92 valence electrons. The highest BCUT2D eigenvalue weighted by atomic mass is 31.1. The molecule has 0 aliphatic carbocycles. The van der Waals surface area contributed by atoms with Crippen LogP contribution in [0.15, 0.2) is 34.9 Å². The lowest BCUT2D eigenvalue weighted by atomic mass is 11.0. The summed E-state index contributed by atoms with van der Waals surface area (Å²) in [6, 6.07) is 0. The lowest BCUT2D eigenvalue weighted by Crippen LogP contribution is -1.84. The molecule has 0 fully saturated rings. The molecule has 10 heteroatoms. The quantitative estimate of drug-likeness (QED) is 0.466. The summed E-state index contributed by atoms with van der Waals surface area (Å²) >= 11 is 0. The van der Waals surface area contributed by atoms with Crippen LogP contribution < -0.4 is 0 Å². The van der Waals surface area contributed by atoms with Crippen LogP contribution in [0.2, 0.25) is 0 Å². The molecule has 0 aromatic heterocycles. The molecule has 0 radical (unpaired) electrons. The van der Waals surface area contributed by atoms with Crippen LogP contribution in [0.25, 0.3) is 0 Å². The predicted molar refractivity (Wildman–Crippen MR) is 38.0 cm³/mol. The van der Waals surface area contributed by atoms with Gasteiger partial charge in [-0.15, -0.1) is 0 Å². The Labute approximate surface area is 83.5 Å². The summed E-state index contributed by atoms with van der Waals surface area (Å²) in [5, 5.41) is 0. The fourth-order valence-electron chi connectivity index (χ4n) is 0.512. The van der Waals surface area contributed by atoms with Crippen molar-refractivity contribution in [3.05, 3.63) is 34.9 Å². The summed E-state index contributed by atoms with van der Waals surface area (Å²) in [6.45, 7) is 0. The van der Waals surface area contributed by atoms with Crippen LogP contribution in [0.3, 0.4) is 0 Å². The Bertz CT molecular complexity index is 299. The Kier molecular flexibility index (Phi) is 5.57. The highest BCUT2D eigenvalue weighted by Crippen LogP contribution is 2.63. The third-order valence-corrected chi connectivity index (χ3v) is 2.74. The van der Waals surface area contributed by atoms with Gasteiger partial charge in [0.15, 0.2) is 0 Å². The Balaban J connectivity index is 5.71. The van der Waals surface area contributed by atoms with Crippen LogP contribution in [-0.2, 0) is 0 Å². The summed E-state index contributed by atoms with van der Waals surface area (Å²) in [7, 11) is -4.47. The van der Waals surface area contributed by atoms with Gasteiger partial charge in [-0.25, -0.2) is 0 Å². The van der Waals surface area contributed by atoms with Crippen molar-refractivity contribution < 1.29 is 39.5 Å². The van der Waals surface area contributed by atoms with Crippen LogP contribution in [0.1, 0.15) is 0 Å². The summed E-state index contributed by atoms with van der Waals surface area (Å²) in [6.07, 6.45) is -10.0. The maximum Gasteiger partial charge on any atom is 0.306 e. The van der Waals surface area contributed by atoms with E-state index in [1.54, 1.807) is 0 Å². The van der Waals surface area contributed by atoms with E-state index in [9.17, 15) is 39.5 Å². The molecule has 0 nitrogen and oxygen atoms in total. The number of hydrogen-bond acceptors (Lipinski definition) is 0. The van der Waals surface area contributed by atoms with Gasteiger partial charge in [-0.3, -0.25) is 0 Å². The SMILES string of the molecule is FC(F)=C(F)P(C(F)=C(F)F)C(F)=C(F)F. The predicted octanol–water partition coefficient (Wildman–Crippen LogP) is 5.57. The minimum Gasteiger partial charge on any atom is -0.200 e. The zero-order valence-electron chi connectivity index (χ0n) is 6.85. The average molecular weight is 274 g/mol. The normalized spacial score (nSPS) is 10.1. The van der Waals surface area contributed by atoms with E-state index in [1.165, 1.54) is 0 Å². The van der Waals surface area contributed by atoms with Crippen molar-refractivity contribution in [2.75, 3.05) is 0 Å². The number of rotatable bonds is 3. The Hall–Kier alpha value is -0.980. The molecule has 0 spiro atoms. The summed E-state index contributed by atoms with van der Waals surface area (Å²) < 4.78 is 107. The largest absolute Gasteiger partial charge is 0.306 e. The molecular weight excluding hydrogens is 274 g/mol. The molecule has 0 N–H and O–H groups in total. The smallest absolute Gasteiger partial charge is 0.200 e. The molecule has 0 saturated carbocycles. The van der Waals surface area contributed by atoms with Crippen molar-refractivity contribution >= 4 is 7.92 Å². The molecule has 0 amide bonds. The van der Waals surface area contributed by atoms with Gasteiger partial charge in [-0.2, -0.15) is 39.5 Å². The van der Waals surface area contributed by atoms with E-state index in [4.69, 9.17) is 0 Å². The van der Waals surface area contributed by atoms with E-state index in [2.05, 4.69) is 0 Å². The molecular formula is C6F9P. The number of halogens is 9. The van der Waals surface area contributed by atoms with E-state index < -0.39 is 42.9 Å². The molecule has 16 heavy (non-hydrogen) atoms. The first-order valence-electron chi connectivity index (χ1n) is 3.12. The van der Waals surface area contributed by atoms with Gasteiger partial charge in [-0.05, 0) is 0 Å². The third kappa shape index (κ3) is 3.55. The van der Waals surface area contributed by atoms with Crippen LogP contribution in [-0.4, -0.2) is 0 Å². The molecule has 0 aliphatic rings. The summed E-state index contributed by atoms with van der Waals surface area (Å²) in [5.74, 6) is 0. The Morgan fingerprint density at radius 2 is 0.625 bits per heavy atom. The van der Waals surface area contributed by atoms with E-state index in [1.807, 2.05) is 0 Å². The molecule has 0 aromatic carbocycles. The van der Waals surface area contributed by atoms with E-state index in [0.29, 0.717) is 0 Å². The number of hydrogen-bond donors (Lipinski definition) is 0. The monoisotopic (exact) mass is 274 g/mol. The van der Waals surface area contributed by atoms with Gasteiger partial charge in [-0.1, -0.05) is 0 Å². The zero-order chi connectivity index (χ0) is 13.0. The third-order valence-electron chi connectivity index (χ3n) is 1.06. The first-order valence-corrected chi connectivity index (χ1v) is 4.46. The van der Waals surface area contributed by atoms with Crippen LogP contribution >= 0.6 is 7.92 Å². The van der Waals surface area contributed by atoms with Crippen molar-refractivity contribution in [2.24, 2.45) is 0 Å². The molecule has 0 bridgehead atoms. The maximum atomic E-state index is 12.4. The van der Waals surface area contributed by atoms with Gasteiger partial charge < -0.3 is 0 Å². The molecule has 0 unspecified atom stereocenters. The first kappa shape index (κ1) is 15.0. The van der Waals surface area contributed by atoms with Crippen LogP contribution in [0.4, 0.5) is 39.5 Å². The summed E-state index contributed by atoms with van der Waals surface area (Å²) in [5.41, 5.74) is -8.94. The van der Waals surface area contributed by atoms with Gasteiger partial charge in [0.2, 0.25) is 16.7 Å². The maximum absolute atomic E-state index is 12.4. The zero-order valence-corrected chi connectivity index (χ0v) is 7.74. The van der Waals surface area contributed by atoms with Gasteiger partial charge in [0.05, 0.1) is 7.92 Å². The molecule has 0 atom stereocenters. The van der Waals surface area contributed by atoms with E-state index >= 15 is 0 Å². The Morgan fingerprint density at radius 3 is 0.750 bits per heavy atom. The molecule has 0 rings (SSSR count). The van der Waals surface area contributed by atoms with E-state index in [-0.39, 0.29) is 0 Å². The summed E-state index contributed by atoms with van der Waals surface area (Å²) in [4.78, 5) is 0.